The maximum atomic E-state index is 5.94. The van der Waals surface area contributed by atoms with Gasteiger partial charge in [0.05, 0.1) is 10.2 Å². The van der Waals surface area contributed by atoms with Crippen molar-refractivity contribution in [2.24, 2.45) is 0 Å². The Balaban J connectivity index is 2.56. The SMILES string of the molecule is CC(C)(C)c1nc(C2(C)CC2)nc(N)c1Br. The lowest BCUT2D eigenvalue weighted by Gasteiger charge is -2.22. The zero-order chi connectivity index (χ0) is 12.1. The van der Waals surface area contributed by atoms with Crippen LogP contribution in [0.5, 0.6) is 0 Å². The van der Waals surface area contributed by atoms with Gasteiger partial charge in [-0.05, 0) is 28.8 Å². The topological polar surface area (TPSA) is 51.8 Å². The first kappa shape index (κ1) is 11.8. The summed E-state index contributed by atoms with van der Waals surface area (Å²) in [6.07, 6.45) is 2.33. The number of aromatic nitrogens is 2. The zero-order valence-corrected chi connectivity index (χ0v) is 11.8. The van der Waals surface area contributed by atoms with Gasteiger partial charge < -0.3 is 5.73 Å². The molecular weight excluding hydrogens is 266 g/mol. The van der Waals surface area contributed by atoms with Gasteiger partial charge >= 0.3 is 0 Å². The van der Waals surface area contributed by atoms with Gasteiger partial charge in [0.15, 0.2) is 0 Å². The number of nitrogens with two attached hydrogens (primary N) is 1. The predicted octanol–water partition coefficient (Wildman–Crippen LogP) is 3.17. The average Bonchev–Trinajstić information content (AvgIpc) is 2.87. The van der Waals surface area contributed by atoms with Crippen LogP contribution in [0, 0.1) is 0 Å². The summed E-state index contributed by atoms with van der Waals surface area (Å²) in [5.41, 5.74) is 7.09. The Morgan fingerprint density at radius 1 is 1.25 bits per heavy atom. The summed E-state index contributed by atoms with van der Waals surface area (Å²) < 4.78 is 0.841. The first-order chi connectivity index (χ1) is 7.24. The summed E-state index contributed by atoms with van der Waals surface area (Å²) in [6, 6.07) is 0. The van der Waals surface area contributed by atoms with E-state index in [0.29, 0.717) is 5.82 Å². The summed E-state index contributed by atoms with van der Waals surface area (Å²) in [6.45, 7) is 8.61. The largest absolute Gasteiger partial charge is 0.383 e. The number of rotatable bonds is 1. The van der Waals surface area contributed by atoms with Crippen LogP contribution in [-0.2, 0) is 10.8 Å². The summed E-state index contributed by atoms with van der Waals surface area (Å²) in [5.74, 6) is 1.46. The maximum absolute atomic E-state index is 5.94. The minimum absolute atomic E-state index is 0.0180. The molecule has 1 saturated carbocycles. The minimum atomic E-state index is -0.0180. The molecule has 0 saturated heterocycles. The molecule has 0 aliphatic heterocycles. The molecular formula is C12H18BrN3. The highest BCUT2D eigenvalue weighted by molar-refractivity contribution is 9.10. The van der Waals surface area contributed by atoms with Crippen molar-refractivity contribution in [2.75, 3.05) is 5.73 Å². The number of nitrogen functional groups attached to an aromatic ring is 1. The molecule has 2 rings (SSSR count). The van der Waals surface area contributed by atoms with Crippen LogP contribution in [0.3, 0.4) is 0 Å². The lowest BCUT2D eigenvalue weighted by Crippen LogP contribution is -2.20. The van der Waals surface area contributed by atoms with Crippen molar-refractivity contribution in [2.45, 2.75) is 51.4 Å². The van der Waals surface area contributed by atoms with Crippen molar-refractivity contribution in [1.82, 2.24) is 9.97 Å². The van der Waals surface area contributed by atoms with E-state index in [1.165, 1.54) is 0 Å². The van der Waals surface area contributed by atoms with Gasteiger partial charge in [0.25, 0.3) is 0 Å². The number of hydrogen-bond acceptors (Lipinski definition) is 3. The first-order valence-electron chi connectivity index (χ1n) is 5.58. The van der Waals surface area contributed by atoms with Crippen molar-refractivity contribution in [3.63, 3.8) is 0 Å². The van der Waals surface area contributed by atoms with E-state index in [-0.39, 0.29) is 10.8 Å². The van der Waals surface area contributed by atoms with Crippen LogP contribution in [0.25, 0.3) is 0 Å². The third-order valence-electron chi connectivity index (χ3n) is 3.13. The van der Waals surface area contributed by atoms with E-state index in [1.807, 2.05) is 0 Å². The fraction of sp³-hybridized carbons (Fsp3) is 0.667. The molecule has 0 unspecified atom stereocenters. The third-order valence-corrected chi connectivity index (χ3v) is 3.91. The van der Waals surface area contributed by atoms with Crippen molar-refractivity contribution in [3.05, 3.63) is 16.0 Å². The summed E-state index contributed by atoms with van der Waals surface area (Å²) in [7, 11) is 0. The van der Waals surface area contributed by atoms with E-state index >= 15 is 0 Å². The van der Waals surface area contributed by atoms with Gasteiger partial charge in [0.1, 0.15) is 11.6 Å². The second-order valence-corrected chi connectivity index (χ2v) is 6.70. The van der Waals surface area contributed by atoms with Crippen molar-refractivity contribution in [3.8, 4) is 0 Å². The van der Waals surface area contributed by atoms with E-state index in [4.69, 9.17) is 10.7 Å². The highest BCUT2D eigenvalue weighted by Gasteiger charge is 2.43. The molecule has 2 N–H and O–H groups in total. The van der Waals surface area contributed by atoms with Gasteiger partial charge in [0, 0.05) is 10.8 Å². The van der Waals surface area contributed by atoms with Gasteiger partial charge in [-0.2, -0.15) is 0 Å². The molecule has 1 aliphatic carbocycles. The molecule has 0 spiro atoms. The van der Waals surface area contributed by atoms with Crippen molar-refractivity contribution >= 4 is 21.7 Å². The molecule has 1 heterocycles. The zero-order valence-electron chi connectivity index (χ0n) is 10.3. The van der Waals surface area contributed by atoms with E-state index in [0.717, 1.165) is 28.8 Å². The van der Waals surface area contributed by atoms with Crippen LogP contribution < -0.4 is 5.73 Å². The summed E-state index contributed by atoms with van der Waals surface area (Å²) in [4.78, 5) is 9.10. The van der Waals surface area contributed by atoms with Gasteiger partial charge in [-0.3, -0.25) is 0 Å². The van der Waals surface area contributed by atoms with Gasteiger partial charge in [0.2, 0.25) is 0 Å². The molecule has 1 aromatic rings. The molecule has 0 amide bonds. The lowest BCUT2D eigenvalue weighted by molar-refractivity contribution is 0.551. The molecule has 16 heavy (non-hydrogen) atoms. The highest BCUT2D eigenvalue weighted by Crippen LogP contribution is 2.47. The van der Waals surface area contributed by atoms with Crippen LogP contribution in [0.1, 0.15) is 52.1 Å². The van der Waals surface area contributed by atoms with E-state index in [2.05, 4.69) is 48.6 Å². The van der Waals surface area contributed by atoms with E-state index in [1.54, 1.807) is 0 Å². The Morgan fingerprint density at radius 3 is 2.25 bits per heavy atom. The lowest BCUT2D eigenvalue weighted by atomic mass is 9.91. The fourth-order valence-electron chi connectivity index (χ4n) is 1.64. The van der Waals surface area contributed by atoms with E-state index < -0.39 is 0 Å². The number of anilines is 1. The van der Waals surface area contributed by atoms with E-state index in [9.17, 15) is 0 Å². The minimum Gasteiger partial charge on any atom is -0.383 e. The average molecular weight is 284 g/mol. The van der Waals surface area contributed by atoms with Crippen LogP contribution in [-0.4, -0.2) is 9.97 Å². The van der Waals surface area contributed by atoms with Gasteiger partial charge in [-0.1, -0.05) is 27.7 Å². The number of halogens is 1. The molecule has 3 nitrogen and oxygen atoms in total. The molecule has 4 heteroatoms. The predicted molar refractivity (Wildman–Crippen MR) is 69.4 cm³/mol. The molecule has 0 aromatic carbocycles. The molecule has 0 atom stereocenters. The van der Waals surface area contributed by atoms with Gasteiger partial charge in [-0.25, -0.2) is 9.97 Å². The standard InChI is InChI=1S/C12H18BrN3/c1-11(2,3)8-7(13)9(14)16-10(15-8)12(4)5-6-12/h5-6H2,1-4H3,(H2,14,15,16). The molecule has 1 fully saturated rings. The fourth-order valence-corrected chi connectivity index (χ4v) is 2.41. The second kappa shape index (κ2) is 3.42. The Kier molecular flexibility index (Phi) is 2.53. The highest BCUT2D eigenvalue weighted by atomic mass is 79.9. The Labute approximate surface area is 105 Å². The van der Waals surface area contributed by atoms with Crippen LogP contribution in [0.15, 0.2) is 4.47 Å². The Morgan fingerprint density at radius 2 is 1.81 bits per heavy atom. The molecule has 1 aromatic heterocycles. The Bertz CT molecular complexity index is 431. The molecule has 0 bridgehead atoms. The summed E-state index contributed by atoms with van der Waals surface area (Å²) in [5, 5.41) is 0. The monoisotopic (exact) mass is 283 g/mol. The maximum Gasteiger partial charge on any atom is 0.141 e. The third kappa shape index (κ3) is 1.95. The Hall–Kier alpha value is -0.640. The first-order valence-corrected chi connectivity index (χ1v) is 6.37. The van der Waals surface area contributed by atoms with Crippen LogP contribution in [0.4, 0.5) is 5.82 Å². The molecule has 0 radical (unpaired) electrons. The van der Waals surface area contributed by atoms with Crippen LogP contribution >= 0.6 is 15.9 Å². The number of nitrogens with zero attached hydrogens (tertiary/aromatic N) is 2. The van der Waals surface area contributed by atoms with Crippen LogP contribution in [0.2, 0.25) is 0 Å². The normalized spacial score (nSPS) is 18.6. The molecule has 1 aliphatic rings. The van der Waals surface area contributed by atoms with Gasteiger partial charge in [-0.15, -0.1) is 0 Å². The smallest absolute Gasteiger partial charge is 0.141 e. The molecule has 88 valence electrons. The summed E-state index contributed by atoms with van der Waals surface area (Å²) >= 11 is 3.49. The van der Waals surface area contributed by atoms with Crippen molar-refractivity contribution < 1.29 is 0 Å². The second-order valence-electron chi connectivity index (χ2n) is 5.91. The van der Waals surface area contributed by atoms with Crippen molar-refractivity contribution in [1.29, 1.82) is 0 Å². The quantitative estimate of drug-likeness (QED) is 0.861. The number of hydrogen-bond donors (Lipinski definition) is 1.